The van der Waals surface area contributed by atoms with Gasteiger partial charge in [0.15, 0.2) is 0 Å². The van der Waals surface area contributed by atoms with Crippen LogP contribution in [0.1, 0.15) is 10.4 Å². The molecule has 1 aromatic carbocycles. The summed E-state index contributed by atoms with van der Waals surface area (Å²) in [6.45, 7) is 0. The molecular weight excluding hydrogens is 210 g/mol. The maximum absolute atomic E-state index is 11.7. The van der Waals surface area contributed by atoms with Crippen LogP contribution >= 0.6 is 0 Å². The summed E-state index contributed by atoms with van der Waals surface area (Å²) in [5, 5.41) is 13.6. The Balaban J connectivity index is 3.39. The van der Waals surface area contributed by atoms with Crippen LogP contribution in [0.3, 0.4) is 0 Å². The fraction of sp³-hybridized carbons (Fsp3) is 0.300. The van der Waals surface area contributed by atoms with Gasteiger partial charge >= 0.3 is 5.69 Å². The molecule has 1 rings (SSSR count). The van der Waals surface area contributed by atoms with Crippen LogP contribution in [0.2, 0.25) is 0 Å². The Hall–Kier alpha value is -2.11. The molecule has 0 aliphatic heterocycles. The molecule has 86 valence electrons. The van der Waals surface area contributed by atoms with E-state index in [9.17, 15) is 14.9 Å². The topological polar surface area (TPSA) is 75.5 Å². The van der Waals surface area contributed by atoms with Gasteiger partial charge in [-0.15, -0.1) is 0 Å². The number of para-hydroxylation sites is 1. The third kappa shape index (κ3) is 2.10. The van der Waals surface area contributed by atoms with Crippen LogP contribution in [0.5, 0.6) is 0 Å². The highest BCUT2D eigenvalue weighted by Gasteiger charge is 2.24. The SMILES string of the molecule is CNc1cccc(C(=O)N(C)C)c1[N+](=O)[O-]. The fourth-order valence-corrected chi connectivity index (χ4v) is 1.36. The zero-order chi connectivity index (χ0) is 12.3. The van der Waals surface area contributed by atoms with Crippen molar-refractivity contribution in [2.75, 3.05) is 26.5 Å². The largest absolute Gasteiger partial charge is 0.383 e. The number of rotatable bonds is 3. The number of hydrogen-bond donors (Lipinski definition) is 1. The van der Waals surface area contributed by atoms with E-state index >= 15 is 0 Å². The quantitative estimate of drug-likeness (QED) is 0.619. The molecule has 16 heavy (non-hydrogen) atoms. The van der Waals surface area contributed by atoms with E-state index in [1.54, 1.807) is 33.3 Å². The van der Waals surface area contributed by atoms with Gasteiger partial charge in [-0.05, 0) is 12.1 Å². The van der Waals surface area contributed by atoms with E-state index in [4.69, 9.17) is 0 Å². The molecule has 0 aliphatic carbocycles. The number of carbonyl (C=O) groups is 1. The average molecular weight is 223 g/mol. The Morgan fingerprint density at radius 1 is 1.44 bits per heavy atom. The minimum Gasteiger partial charge on any atom is -0.383 e. The summed E-state index contributed by atoms with van der Waals surface area (Å²) in [5.41, 5.74) is 0.225. The van der Waals surface area contributed by atoms with Gasteiger partial charge in [-0.1, -0.05) is 6.07 Å². The predicted octanol–water partition coefficient (Wildman–Crippen LogP) is 1.34. The van der Waals surface area contributed by atoms with Gasteiger partial charge in [0.05, 0.1) is 4.92 Å². The van der Waals surface area contributed by atoms with Gasteiger partial charge in [-0.2, -0.15) is 0 Å². The lowest BCUT2D eigenvalue weighted by atomic mass is 10.1. The van der Waals surface area contributed by atoms with Crippen molar-refractivity contribution in [1.29, 1.82) is 0 Å². The highest BCUT2D eigenvalue weighted by Crippen LogP contribution is 2.28. The monoisotopic (exact) mass is 223 g/mol. The molecule has 0 atom stereocenters. The lowest BCUT2D eigenvalue weighted by molar-refractivity contribution is -0.384. The number of nitro groups is 1. The normalized spacial score (nSPS) is 9.69. The number of nitrogens with one attached hydrogen (secondary N) is 1. The molecule has 0 aliphatic rings. The van der Waals surface area contributed by atoms with Gasteiger partial charge in [-0.3, -0.25) is 14.9 Å². The van der Waals surface area contributed by atoms with Crippen molar-refractivity contribution < 1.29 is 9.72 Å². The van der Waals surface area contributed by atoms with Gasteiger partial charge in [-0.25, -0.2) is 0 Å². The summed E-state index contributed by atoms with van der Waals surface area (Å²) in [4.78, 5) is 23.4. The Kier molecular flexibility index (Phi) is 3.44. The summed E-state index contributed by atoms with van der Waals surface area (Å²) < 4.78 is 0. The van der Waals surface area contributed by atoms with Crippen LogP contribution in [-0.4, -0.2) is 36.9 Å². The van der Waals surface area contributed by atoms with Crippen LogP contribution in [0.4, 0.5) is 11.4 Å². The summed E-state index contributed by atoms with van der Waals surface area (Å²) in [5.74, 6) is -0.385. The van der Waals surface area contributed by atoms with Crippen molar-refractivity contribution in [3.63, 3.8) is 0 Å². The maximum atomic E-state index is 11.7. The third-order valence-corrected chi connectivity index (χ3v) is 2.12. The molecule has 0 radical (unpaired) electrons. The molecule has 0 spiro atoms. The van der Waals surface area contributed by atoms with Gasteiger partial charge in [0.25, 0.3) is 5.91 Å². The Morgan fingerprint density at radius 2 is 2.06 bits per heavy atom. The molecule has 0 saturated heterocycles. The first-order valence-corrected chi connectivity index (χ1v) is 4.65. The van der Waals surface area contributed by atoms with Crippen LogP contribution < -0.4 is 5.32 Å². The molecule has 0 aromatic heterocycles. The van der Waals surface area contributed by atoms with E-state index in [1.165, 1.54) is 11.0 Å². The highest BCUT2D eigenvalue weighted by molar-refractivity contribution is 6.00. The van der Waals surface area contributed by atoms with Crippen molar-refractivity contribution in [2.24, 2.45) is 0 Å². The lowest BCUT2D eigenvalue weighted by Gasteiger charge is -2.11. The lowest BCUT2D eigenvalue weighted by Crippen LogP contribution is -2.22. The second-order valence-corrected chi connectivity index (χ2v) is 3.41. The molecule has 1 amide bonds. The number of hydrogen-bond acceptors (Lipinski definition) is 4. The van der Waals surface area contributed by atoms with E-state index in [1.807, 2.05) is 0 Å². The van der Waals surface area contributed by atoms with E-state index in [2.05, 4.69) is 5.32 Å². The number of benzene rings is 1. The van der Waals surface area contributed by atoms with E-state index in [0.717, 1.165) is 0 Å². The standard InChI is InChI=1S/C10H13N3O3/c1-11-8-6-4-5-7(9(8)13(15)16)10(14)12(2)3/h4-6,11H,1-3H3. The summed E-state index contributed by atoms with van der Waals surface area (Å²) in [6.07, 6.45) is 0. The molecule has 0 fully saturated rings. The number of nitrogens with zero attached hydrogens (tertiary/aromatic N) is 2. The van der Waals surface area contributed by atoms with Crippen LogP contribution in [-0.2, 0) is 0 Å². The van der Waals surface area contributed by atoms with Crippen LogP contribution in [0, 0.1) is 10.1 Å². The van der Waals surface area contributed by atoms with Crippen molar-refractivity contribution in [3.05, 3.63) is 33.9 Å². The zero-order valence-electron chi connectivity index (χ0n) is 9.35. The number of carbonyl (C=O) groups excluding carboxylic acids is 1. The fourth-order valence-electron chi connectivity index (χ4n) is 1.36. The maximum Gasteiger partial charge on any atom is 0.305 e. The molecule has 0 unspecified atom stereocenters. The molecule has 1 N–H and O–H groups in total. The zero-order valence-corrected chi connectivity index (χ0v) is 9.35. The molecule has 6 nitrogen and oxygen atoms in total. The number of amides is 1. The Labute approximate surface area is 93.0 Å². The van der Waals surface area contributed by atoms with Crippen molar-refractivity contribution in [1.82, 2.24) is 4.90 Å². The average Bonchev–Trinajstić information content (AvgIpc) is 2.26. The van der Waals surface area contributed by atoms with Gasteiger partial charge in [0.2, 0.25) is 0 Å². The van der Waals surface area contributed by atoms with Gasteiger partial charge < -0.3 is 10.2 Å². The number of anilines is 1. The second-order valence-electron chi connectivity index (χ2n) is 3.41. The smallest absolute Gasteiger partial charge is 0.305 e. The van der Waals surface area contributed by atoms with Crippen molar-refractivity contribution in [3.8, 4) is 0 Å². The van der Waals surface area contributed by atoms with E-state index < -0.39 is 4.92 Å². The molecule has 0 saturated carbocycles. The van der Waals surface area contributed by atoms with Gasteiger partial charge in [0.1, 0.15) is 11.3 Å². The van der Waals surface area contributed by atoms with Crippen molar-refractivity contribution >= 4 is 17.3 Å². The first-order chi connectivity index (χ1) is 7.49. The molecule has 0 bridgehead atoms. The van der Waals surface area contributed by atoms with Crippen LogP contribution in [0.15, 0.2) is 18.2 Å². The minimum atomic E-state index is -0.553. The van der Waals surface area contributed by atoms with E-state index in [-0.39, 0.29) is 17.2 Å². The molecule has 1 aromatic rings. The first-order valence-electron chi connectivity index (χ1n) is 4.65. The van der Waals surface area contributed by atoms with Crippen molar-refractivity contribution in [2.45, 2.75) is 0 Å². The molecule has 6 heteroatoms. The van der Waals surface area contributed by atoms with E-state index in [0.29, 0.717) is 5.69 Å². The van der Waals surface area contributed by atoms with Crippen LogP contribution in [0.25, 0.3) is 0 Å². The second kappa shape index (κ2) is 4.61. The first kappa shape index (κ1) is 12.0. The number of nitro benzene ring substituents is 1. The minimum absolute atomic E-state index is 0.0850. The van der Waals surface area contributed by atoms with Gasteiger partial charge in [0, 0.05) is 21.1 Å². The summed E-state index contributed by atoms with van der Waals surface area (Å²) >= 11 is 0. The highest BCUT2D eigenvalue weighted by atomic mass is 16.6. The molecular formula is C10H13N3O3. The summed E-state index contributed by atoms with van der Waals surface area (Å²) in [7, 11) is 4.68. The summed E-state index contributed by atoms with van der Waals surface area (Å²) in [6, 6.07) is 4.61. The Bertz CT molecular complexity index is 429. The predicted molar refractivity (Wildman–Crippen MR) is 60.7 cm³/mol. The Morgan fingerprint density at radius 3 is 2.50 bits per heavy atom. The molecule has 0 heterocycles. The third-order valence-electron chi connectivity index (χ3n) is 2.12.